The predicted octanol–water partition coefficient (Wildman–Crippen LogP) is 4.52. The highest BCUT2D eigenvalue weighted by Gasteiger charge is 2.05. The van der Waals surface area contributed by atoms with Crippen molar-refractivity contribution in [1.82, 2.24) is 9.97 Å². The first-order valence-electron chi connectivity index (χ1n) is 6.36. The van der Waals surface area contributed by atoms with Crippen molar-refractivity contribution in [3.63, 3.8) is 0 Å². The van der Waals surface area contributed by atoms with Crippen molar-refractivity contribution in [2.24, 2.45) is 0 Å². The van der Waals surface area contributed by atoms with Gasteiger partial charge in [-0.3, -0.25) is 0 Å². The third kappa shape index (κ3) is 2.29. The van der Waals surface area contributed by atoms with Crippen LogP contribution in [0.2, 0.25) is 0 Å². The van der Waals surface area contributed by atoms with Gasteiger partial charge in [0.1, 0.15) is 10.5 Å². The number of nitrogens with one attached hydrogen (secondary N) is 1. The molecule has 19 heavy (non-hydrogen) atoms. The van der Waals surface area contributed by atoms with Crippen molar-refractivity contribution in [3.8, 4) is 11.3 Å². The number of hydrogen-bond acceptors (Lipinski definition) is 2. The molecule has 0 spiro atoms. The number of rotatable bonds is 2. The second-order valence-electron chi connectivity index (χ2n) is 4.46. The minimum Gasteiger partial charge on any atom is -0.343 e. The van der Waals surface area contributed by atoms with Gasteiger partial charge in [-0.05, 0) is 16.8 Å². The Hall–Kier alpha value is -2.00. The molecule has 1 N–H and O–H groups in total. The maximum atomic E-state index is 5.24. The van der Waals surface area contributed by atoms with E-state index in [1.807, 2.05) is 6.07 Å². The van der Waals surface area contributed by atoms with Crippen LogP contribution in [0.1, 0.15) is 12.7 Å². The van der Waals surface area contributed by atoms with Crippen molar-refractivity contribution < 1.29 is 0 Å². The van der Waals surface area contributed by atoms with E-state index < -0.39 is 0 Å². The lowest BCUT2D eigenvalue weighted by molar-refractivity contribution is 0.937. The number of hydrogen-bond donors (Lipinski definition) is 1. The summed E-state index contributed by atoms with van der Waals surface area (Å²) in [4.78, 5) is 7.68. The third-order valence-electron chi connectivity index (χ3n) is 3.21. The number of benzene rings is 2. The fourth-order valence-corrected chi connectivity index (χ4v) is 2.51. The topological polar surface area (TPSA) is 28.7 Å². The standard InChI is InChI=1S/C16H14N2S/c1-2-15-17-14(10-16(19)18-15)13-9-5-7-11-6-3-4-8-12(11)13/h3-10H,2H2,1H3,(H,17,18,19). The molecular formula is C16H14N2S. The van der Waals surface area contributed by atoms with Crippen molar-refractivity contribution in [1.29, 1.82) is 0 Å². The van der Waals surface area contributed by atoms with Crippen LogP contribution in [0.4, 0.5) is 0 Å². The Kier molecular flexibility index (Phi) is 3.13. The highest BCUT2D eigenvalue weighted by molar-refractivity contribution is 7.71. The zero-order chi connectivity index (χ0) is 13.2. The third-order valence-corrected chi connectivity index (χ3v) is 3.42. The van der Waals surface area contributed by atoms with Crippen LogP contribution in [0.25, 0.3) is 22.0 Å². The molecule has 0 atom stereocenters. The predicted molar refractivity (Wildman–Crippen MR) is 81.7 cm³/mol. The van der Waals surface area contributed by atoms with E-state index >= 15 is 0 Å². The largest absolute Gasteiger partial charge is 0.343 e. The summed E-state index contributed by atoms with van der Waals surface area (Å²) in [5.74, 6) is 0.926. The lowest BCUT2D eigenvalue weighted by Gasteiger charge is -2.08. The molecule has 0 aliphatic heterocycles. The molecule has 2 nitrogen and oxygen atoms in total. The van der Waals surface area contributed by atoms with Crippen molar-refractivity contribution in [3.05, 3.63) is 59.0 Å². The van der Waals surface area contributed by atoms with Crippen LogP contribution in [0.3, 0.4) is 0 Å². The maximum Gasteiger partial charge on any atom is 0.130 e. The van der Waals surface area contributed by atoms with E-state index in [0.717, 1.165) is 17.9 Å². The van der Waals surface area contributed by atoms with Crippen LogP contribution >= 0.6 is 12.2 Å². The molecule has 3 aromatic rings. The molecule has 1 heterocycles. The Morgan fingerprint density at radius 3 is 2.74 bits per heavy atom. The average Bonchev–Trinajstić information content (AvgIpc) is 2.46. The van der Waals surface area contributed by atoms with Gasteiger partial charge >= 0.3 is 0 Å². The number of aromatic nitrogens is 2. The van der Waals surface area contributed by atoms with E-state index in [1.54, 1.807) is 0 Å². The molecule has 0 saturated heterocycles. The number of aromatic amines is 1. The Balaban J connectivity index is 2.30. The smallest absolute Gasteiger partial charge is 0.130 e. The number of H-pyrrole nitrogens is 1. The van der Waals surface area contributed by atoms with Crippen molar-refractivity contribution in [2.75, 3.05) is 0 Å². The molecule has 0 aliphatic rings. The summed E-state index contributed by atoms with van der Waals surface area (Å²) in [5, 5.41) is 2.46. The van der Waals surface area contributed by atoms with E-state index in [2.05, 4.69) is 59.4 Å². The van der Waals surface area contributed by atoms with E-state index in [0.29, 0.717) is 4.64 Å². The molecule has 0 aliphatic carbocycles. The Labute approximate surface area is 117 Å². The van der Waals surface area contributed by atoms with E-state index in [9.17, 15) is 0 Å². The van der Waals surface area contributed by atoms with Crippen LogP contribution < -0.4 is 0 Å². The van der Waals surface area contributed by atoms with Gasteiger partial charge in [-0.2, -0.15) is 0 Å². The summed E-state index contributed by atoms with van der Waals surface area (Å²) >= 11 is 5.24. The minimum atomic E-state index is 0.638. The van der Waals surface area contributed by atoms with Gasteiger partial charge in [0.15, 0.2) is 0 Å². The molecule has 0 amide bonds. The molecule has 0 bridgehead atoms. The molecule has 0 fully saturated rings. The monoisotopic (exact) mass is 266 g/mol. The maximum absolute atomic E-state index is 5.24. The average molecular weight is 266 g/mol. The summed E-state index contributed by atoms with van der Waals surface area (Å²) in [6, 6.07) is 16.6. The lowest BCUT2D eigenvalue weighted by Crippen LogP contribution is -1.95. The van der Waals surface area contributed by atoms with Crippen molar-refractivity contribution in [2.45, 2.75) is 13.3 Å². The second kappa shape index (κ2) is 4.94. The fraction of sp³-hybridized carbons (Fsp3) is 0.125. The van der Waals surface area contributed by atoms with E-state index in [1.165, 1.54) is 16.3 Å². The van der Waals surface area contributed by atoms with Crippen LogP contribution in [0, 0.1) is 4.64 Å². The summed E-state index contributed by atoms with van der Waals surface area (Å²) in [6.45, 7) is 2.07. The van der Waals surface area contributed by atoms with Gasteiger partial charge < -0.3 is 4.98 Å². The quantitative estimate of drug-likeness (QED) is 0.691. The van der Waals surface area contributed by atoms with Gasteiger partial charge in [0, 0.05) is 12.0 Å². The molecule has 0 unspecified atom stereocenters. The lowest BCUT2D eigenvalue weighted by atomic mass is 10.0. The number of aryl methyl sites for hydroxylation is 1. The Bertz CT molecular complexity index is 785. The number of nitrogens with zero attached hydrogens (tertiary/aromatic N) is 1. The SMILES string of the molecule is CCc1nc(=S)cc(-c2cccc3ccccc23)[nH]1. The van der Waals surface area contributed by atoms with Gasteiger partial charge in [0.05, 0.1) is 5.69 Å². The molecule has 0 radical (unpaired) electrons. The molecule has 94 valence electrons. The Morgan fingerprint density at radius 1 is 1.11 bits per heavy atom. The first-order chi connectivity index (χ1) is 9.28. The van der Waals surface area contributed by atoms with Gasteiger partial charge in [-0.15, -0.1) is 0 Å². The highest BCUT2D eigenvalue weighted by atomic mass is 32.1. The zero-order valence-corrected chi connectivity index (χ0v) is 11.5. The molecule has 0 saturated carbocycles. The summed E-state index contributed by atoms with van der Waals surface area (Å²) in [7, 11) is 0. The normalized spacial score (nSPS) is 10.8. The second-order valence-corrected chi connectivity index (χ2v) is 4.88. The summed E-state index contributed by atoms with van der Waals surface area (Å²) < 4.78 is 0.638. The molecule has 2 aromatic carbocycles. The highest BCUT2D eigenvalue weighted by Crippen LogP contribution is 2.27. The van der Waals surface area contributed by atoms with Gasteiger partial charge in [-0.25, -0.2) is 4.98 Å². The van der Waals surface area contributed by atoms with Gasteiger partial charge in [-0.1, -0.05) is 61.6 Å². The first kappa shape index (κ1) is 12.1. The molecule has 1 aromatic heterocycles. The molecular weight excluding hydrogens is 252 g/mol. The number of fused-ring (bicyclic) bond motifs is 1. The summed E-state index contributed by atoms with van der Waals surface area (Å²) in [5.41, 5.74) is 2.20. The summed E-state index contributed by atoms with van der Waals surface area (Å²) in [6.07, 6.45) is 0.849. The van der Waals surface area contributed by atoms with Crippen molar-refractivity contribution >= 4 is 23.0 Å². The first-order valence-corrected chi connectivity index (χ1v) is 6.77. The van der Waals surface area contributed by atoms with Crippen LogP contribution in [-0.4, -0.2) is 9.97 Å². The van der Waals surface area contributed by atoms with Crippen LogP contribution in [0.5, 0.6) is 0 Å². The molecule has 3 rings (SSSR count). The minimum absolute atomic E-state index is 0.638. The van der Waals surface area contributed by atoms with E-state index in [4.69, 9.17) is 12.2 Å². The van der Waals surface area contributed by atoms with E-state index in [-0.39, 0.29) is 0 Å². The molecule has 3 heteroatoms. The van der Waals surface area contributed by atoms with Crippen LogP contribution in [0.15, 0.2) is 48.5 Å². The van der Waals surface area contributed by atoms with Crippen LogP contribution in [-0.2, 0) is 6.42 Å². The van der Waals surface area contributed by atoms with Gasteiger partial charge in [0.25, 0.3) is 0 Å². The van der Waals surface area contributed by atoms with Gasteiger partial charge in [0.2, 0.25) is 0 Å². The fourth-order valence-electron chi connectivity index (χ4n) is 2.28. The Morgan fingerprint density at radius 2 is 1.89 bits per heavy atom. The zero-order valence-electron chi connectivity index (χ0n) is 10.7.